The number of anilines is 1. The van der Waals surface area contributed by atoms with Crippen molar-refractivity contribution in [3.05, 3.63) is 114 Å². The summed E-state index contributed by atoms with van der Waals surface area (Å²) in [5.41, 5.74) is 3.19. The molecule has 0 saturated heterocycles. The molecule has 4 nitrogen and oxygen atoms in total. The molecule has 1 N–H and O–H groups in total. The van der Waals surface area contributed by atoms with Crippen LogP contribution in [0.1, 0.15) is 10.4 Å². The molecular weight excluding hydrogens is 401 g/mol. The molecule has 4 aromatic rings. The molecule has 0 fully saturated rings. The largest absolute Gasteiger partial charge is 0.362 e. The minimum Gasteiger partial charge on any atom is -0.362 e. The average Bonchev–Trinajstić information content (AvgIpc) is 3.22. The van der Waals surface area contributed by atoms with Gasteiger partial charge in [0.15, 0.2) is 5.78 Å². The van der Waals surface area contributed by atoms with Crippen LogP contribution in [0.25, 0.3) is 16.9 Å². The van der Waals surface area contributed by atoms with Gasteiger partial charge in [0.25, 0.3) is 0 Å². The van der Waals surface area contributed by atoms with Gasteiger partial charge >= 0.3 is 0 Å². The molecule has 1 heterocycles. The summed E-state index contributed by atoms with van der Waals surface area (Å²) in [6.45, 7) is 0. The second-order valence-electron chi connectivity index (χ2n) is 6.53. The Morgan fingerprint density at radius 2 is 1.67 bits per heavy atom. The summed E-state index contributed by atoms with van der Waals surface area (Å²) in [6, 6.07) is 22.6. The first-order valence-electron chi connectivity index (χ1n) is 9.24. The Labute approximate surface area is 178 Å². The van der Waals surface area contributed by atoms with Crippen molar-refractivity contribution in [2.45, 2.75) is 0 Å². The van der Waals surface area contributed by atoms with E-state index in [1.165, 1.54) is 18.2 Å². The maximum atomic E-state index is 13.4. The third kappa shape index (κ3) is 4.47. The number of ketones is 1. The van der Waals surface area contributed by atoms with Gasteiger partial charge in [0.1, 0.15) is 11.5 Å². The summed E-state index contributed by atoms with van der Waals surface area (Å²) in [5.74, 6) is -0.570. The number of carbonyl (C=O) groups excluding carboxylic acids is 1. The summed E-state index contributed by atoms with van der Waals surface area (Å²) >= 11 is 5.88. The predicted molar refractivity (Wildman–Crippen MR) is 118 cm³/mol. The molecule has 3 aromatic carbocycles. The molecule has 0 spiro atoms. The molecule has 148 valence electrons. The van der Waals surface area contributed by atoms with E-state index in [0.717, 1.165) is 11.4 Å². The molecule has 1 aromatic heterocycles. The van der Waals surface area contributed by atoms with Gasteiger partial charge in [-0.15, -0.1) is 0 Å². The second-order valence-corrected chi connectivity index (χ2v) is 6.96. The summed E-state index contributed by atoms with van der Waals surface area (Å²) in [7, 11) is 0. The summed E-state index contributed by atoms with van der Waals surface area (Å²) in [4.78, 5) is 12.9. The maximum absolute atomic E-state index is 13.4. The zero-order chi connectivity index (χ0) is 20.9. The fourth-order valence-corrected chi connectivity index (χ4v) is 3.06. The number of nitrogens with zero attached hydrogens (tertiary/aromatic N) is 2. The van der Waals surface area contributed by atoms with Gasteiger partial charge in [0.2, 0.25) is 0 Å². The molecule has 0 bridgehead atoms. The van der Waals surface area contributed by atoms with Gasteiger partial charge in [0.05, 0.1) is 11.3 Å². The van der Waals surface area contributed by atoms with Gasteiger partial charge in [-0.3, -0.25) is 4.79 Å². The third-order valence-electron chi connectivity index (χ3n) is 4.45. The number of rotatable bonds is 6. The lowest BCUT2D eigenvalue weighted by molar-refractivity contribution is 0.104. The highest BCUT2D eigenvalue weighted by atomic mass is 35.5. The van der Waals surface area contributed by atoms with Crippen LogP contribution in [0.2, 0.25) is 5.02 Å². The van der Waals surface area contributed by atoms with Crippen LogP contribution < -0.4 is 5.32 Å². The van der Waals surface area contributed by atoms with Crippen molar-refractivity contribution >= 4 is 23.1 Å². The number of para-hydroxylation sites is 1. The van der Waals surface area contributed by atoms with Crippen LogP contribution in [0.5, 0.6) is 0 Å². The number of hydrogen-bond acceptors (Lipinski definition) is 3. The van der Waals surface area contributed by atoms with Crippen molar-refractivity contribution in [2.75, 3.05) is 5.32 Å². The van der Waals surface area contributed by atoms with Crippen molar-refractivity contribution in [1.82, 2.24) is 9.78 Å². The molecular formula is C24H17ClFN3O. The summed E-state index contributed by atoms with van der Waals surface area (Å²) in [6.07, 6.45) is 4.69. The Hall–Kier alpha value is -3.70. The minimum absolute atomic E-state index is 0.224. The van der Waals surface area contributed by atoms with Crippen LogP contribution in [-0.4, -0.2) is 15.6 Å². The van der Waals surface area contributed by atoms with E-state index in [0.29, 0.717) is 21.8 Å². The summed E-state index contributed by atoms with van der Waals surface area (Å²) < 4.78 is 15.0. The van der Waals surface area contributed by atoms with Crippen LogP contribution in [0.15, 0.2) is 97.3 Å². The molecule has 0 aliphatic heterocycles. The highest BCUT2D eigenvalue weighted by molar-refractivity contribution is 6.30. The van der Waals surface area contributed by atoms with Crippen molar-refractivity contribution in [3.8, 4) is 16.9 Å². The summed E-state index contributed by atoms with van der Waals surface area (Å²) in [5, 5.41) is 8.26. The molecule has 0 radical (unpaired) electrons. The molecule has 6 heteroatoms. The van der Waals surface area contributed by atoms with E-state index in [2.05, 4.69) is 10.4 Å². The number of halogens is 2. The lowest BCUT2D eigenvalue weighted by Gasteiger charge is -2.01. The zero-order valence-corrected chi connectivity index (χ0v) is 16.6. The zero-order valence-electron chi connectivity index (χ0n) is 15.8. The van der Waals surface area contributed by atoms with E-state index >= 15 is 0 Å². The van der Waals surface area contributed by atoms with Gasteiger partial charge in [-0.2, -0.15) is 5.10 Å². The van der Waals surface area contributed by atoms with Crippen molar-refractivity contribution in [1.29, 1.82) is 0 Å². The van der Waals surface area contributed by atoms with E-state index in [-0.39, 0.29) is 11.6 Å². The standard InChI is InChI=1S/C24H17ClFN3O/c25-18-8-12-20(13-9-18)27-15-14-23(30)22-16-29(21-4-2-1-3-5-21)28-24(22)17-6-10-19(26)11-7-17/h1-16,27H/b15-14-. The highest BCUT2D eigenvalue weighted by Crippen LogP contribution is 2.25. The molecule has 0 atom stereocenters. The van der Waals surface area contributed by atoms with Gasteiger partial charge < -0.3 is 5.32 Å². The molecule has 30 heavy (non-hydrogen) atoms. The molecule has 0 unspecified atom stereocenters. The number of benzene rings is 3. The monoisotopic (exact) mass is 417 g/mol. The first-order chi connectivity index (χ1) is 14.6. The van der Waals surface area contributed by atoms with E-state index in [1.54, 1.807) is 41.3 Å². The number of aromatic nitrogens is 2. The Morgan fingerprint density at radius 1 is 0.967 bits per heavy atom. The van der Waals surface area contributed by atoms with E-state index in [1.807, 2.05) is 42.5 Å². The highest BCUT2D eigenvalue weighted by Gasteiger charge is 2.17. The molecule has 0 aliphatic carbocycles. The molecule has 4 rings (SSSR count). The Morgan fingerprint density at radius 3 is 2.37 bits per heavy atom. The fraction of sp³-hybridized carbons (Fsp3) is 0. The van der Waals surface area contributed by atoms with Crippen LogP contribution in [0.4, 0.5) is 10.1 Å². The lowest BCUT2D eigenvalue weighted by atomic mass is 10.1. The first kappa shape index (κ1) is 19.6. The topological polar surface area (TPSA) is 46.9 Å². The number of hydrogen-bond donors (Lipinski definition) is 1. The Bertz CT molecular complexity index is 1180. The van der Waals surface area contributed by atoms with Crippen LogP contribution in [0, 0.1) is 5.82 Å². The lowest BCUT2D eigenvalue weighted by Crippen LogP contribution is -1.97. The van der Waals surface area contributed by atoms with Crippen LogP contribution in [0.3, 0.4) is 0 Å². The maximum Gasteiger partial charge on any atom is 0.191 e. The van der Waals surface area contributed by atoms with E-state index in [9.17, 15) is 9.18 Å². The molecule has 0 amide bonds. The number of carbonyl (C=O) groups is 1. The second kappa shape index (κ2) is 8.76. The Balaban J connectivity index is 1.65. The van der Waals surface area contributed by atoms with E-state index in [4.69, 9.17) is 11.6 Å². The van der Waals surface area contributed by atoms with Crippen LogP contribution >= 0.6 is 11.6 Å². The van der Waals surface area contributed by atoms with Crippen molar-refractivity contribution < 1.29 is 9.18 Å². The predicted octanol–water partition coefficient (Wildman–Crippen LogP) is 6.14. The normalized spacial score (nSPS) is 11.0. The SMILES string of the molecule is O=C(/C=C\Nc1ccc(Cl)cc1)c1cn(-c2ccccc2)nc1-c1ccc(F)cc1. The Kier molecular flexibility index (Phi) is 5.72. The molecule has 0 saturated carbocycles. The molecule has 0 aliphatic rings. The third-order valence-corrected chi connectivity index (χ3v) is 4.70. The average molecular weight is 418 g/mol. The van der Waals surface area contributed by atoms with Gasteiger partial charge in [-0.25, -0.2) is 9.07 Å². The van der Waals surface area contributed by atoms with Crippen LogP contribution in [-0.2, 0) is 0 Å². The number of allylic oxidation sites excluding steroid dienone is 1. The van der Waals surface area contributed by atoms with Gasteiger partial charge in [-0.05, 0) is 60.7 Å². The minimum atomic E-state index is -0.346. The fourth-order valence-electron chi connectivity index (χ4n) is 2.94. The quantitative estimate of drug-likeness (QED) is 0.303. The van der Waals surface area contributed by atoms with Crippen molar-refractivity contribution in [2.24, 2.45) is 0 Å². The first-order valence-corrected chi connectivity index (χ1v) is 9.62. The van der Waals surface area contributed by atoms with Gasteiger partial charge in [-0.1, -0.05) is 29.8 Å². The van der Waals surface area contributed by atoms with Gasteiger partial charge in [0, 0.05) is 34.7 Å². The van der Waals surface area contributed by atoms with E-state index < -0.39 is 0 Å². The number of nitrogens with one attached hydrogen (secondary N) is 1. The van der Waals surface area contributed by atoms with Crippen molar-refractivity contribution in [3.63, 3.8) is 0 Å². The smallest absolute Gasteiger partial charge is 0.191 e.